The second-order valence-electron chi connectivity index (χ2n) is 5.49. The molecule has 2 aromatic carbocycles. The molecule has 0 fully saturated rings. The van der Waals surface area contributed by atoms with E-state index in [4.69, 9.17) is 9.47 Å². The lowest BCUT2D eigenvalue weighted by molar-refractivity contribution is -0.139. The molecular formula is C20H19NO4. The van der Waals surface area contributed by atoms with Crippen LogP contribution in [0.3, 0.4) is 0 Å². The molecule has 1 heterocycles. The van der Waals surface area contributed by atoms with E-state index in [1.807, 2.05) is 60.7 Å². The molecule has 0 bridgehead atoms. The highest BCUT2D eigenvalue weighted by molar-refractivity contribution is 6.15. The van der Waals surface area contributed by atoms with Gasteiger partial charge >= 0.3 is 5.97 Å². The average molecular weight is 337 g/mol. The van der Waals surface area contributed by atoms with Crippen molar-refractivity contribution >= 4 is 17.6 Å². The van der Waals surface area contributed by atoms with Gasteiger partial charge in [-0.15, -0.1) is 0 Å². The van der Waals surface area contributed by atoms with Gasteiger partial charge in [0.1, 0.15) is 5.57 Å². The third-order valence-corrected chi connectivity index (χ3v) is 4.04. The fourth-order valence-corrected chi connectivity index (χ4v) is 3.01. The first kappa shape index (κ1) is 16.8. The van der Waals surface area contributed by atoms with Crippen molar-refractivity contribution in [1.82, 2.24) is 0 Å². The molecule has 0 aromatic heterocycles. The van der Waals surface area contributed by atoms with Crippen molar-refractivity contribution in [1.29, 1.82) is 0 Å². The fraction of sp³-hybridized carbons (Fsp3) is 0.200. The molecule has 128 valence electrons. The highest BCUT2D eigenvalue weighted by atomic mass is 16.5. The van der Waals surface area contributed by atoms with Crippen LogP contribution in [0.25, 0.3) is 0 Å². The fourth-order valence-electron chi connectivity index (χ4n) is 3.01. The Morgan fingerprint density at radius 1 is 1.04 bits per heavy atom. The maximum atomic E-state index is 13.0. The standard InChI is InChI=1S/C20H19NO4/c1-3-25-20(23)16-17(14-10-6-4-7-11-14)21(19(22)18(16)24-2)15-12-8-5-9-13-15/h4-13,17H,3H2,1-2H3/t17-/m0/s1. The molecule has 25 heavy (non-hydrogen) atoms. The Hall–Kier alpha value is -3.08. The third-order valence-electron chi connectivity index (χ3n) is 4.04. The molecule has 0 N–H and O–H groups in total. The molecule has 2 aromatic rings. The zero-order valence-electron chi connectivity index (χ0n) is 14.1. The minimum atomic E-state index is -0.593. The van der Waals surface area contributed by atoms with E-state index in [2.05, 4.69) is 0 Å². The minimum absolute atomic E-state index is 0.0242. The molecule has 0 saturated heterocycles. The molecule has 5 nitrogen and oxygen atoms in total. The van der Waals surface area contributed by atoms with Gasteiger partial charge in [-0.25, -0.2) is 4.79 Å². The Morgan fingerprint density at radius 3 is 2.20 bits per heavy atom. The lowest BCUT2D eigenvalue weighted by Crippen LogP contribution is -2.31. The van der Waals surface area contributed by atoms with Crippen LogP contribution in [0.4, 0.5) is 5.69 Å². The smallest absolute Gasteiger partial charge is 0.340 e. The van der Waals surface area contributed by atoms with Gasteiger partial charge in [-0.05, 0) is 24.6 Å². The highest BCUT2D eigenvalue weighted by Gasteiger charge is 2.45. The van der Waals surface area contributed by atoms with Gasteiger partial charge in [-0.2, -0.15) is 0 Å². The summed E-state index contributed by atoms with van der Waals surface area (Å²) < 4.78 is 10.5. The lowest BCUT2D eigenvalue weighted by Gasteiger charge is -2.26. The number of para-hydroxylation sites is 1. The Bertz CT molecular complexity index is 799. The second kappa shape index (κ2) is 7.21. The van der Waals surface area contributed by atoms with E-state index in [0.29, 0.717) is 5.69 Å². The molecular weight excluding hydrogens is 318 g/mol. The first-order valence-electron chi connectivity index (χ1n) is 8.07. The number of methoxy groups -OCH3 is 1. The number of nitrogens with zero attached hydrogens (tertiary/aromatic N) is 1. The third kappa shape index (κ3) is 3.01. The summed E-state index contributed by atoms with van der Waals surface area (Å²) in [5.74, 6) is -0.873. The van der Waals surface area contributed by atoms with Gasteiger partial charge in [-0.1, -0.05) is 48.5 Å². The van der Waals surface area contributed by atoms with E-state index in [9.17, 15) is 9.59 Å². The van der Waals surface area contributed by atoms with Gasteiger partial charge in [0, 0.05) is 5.69 Å². The van der Waals surface area contributed by atoms with Crippen LogP contribution in [0.1, 0.15) is 18.5 Å². The van der Waals surface area contributed by atoms with E-state index in [0.717, 1.165) is 5.56 Å². The van der Waals surface area contributed by atoms with Crippen LogP contribution in [0.2, 0.25) is 0 Å². The number of hydrogen-bond donors (Lipinski definition) is 0. The van der Waals surface area contributed by atoms with Gasteiger partial charge < -0.3 is 9.47 Å². The van der Waals surface area contributed by atoms with Gasteiger partial charge in [-0.3, -0.25) is 9.69 Å². The van der Waals surface area contributed by atoms with E-state index in [-0.39, 0.29) is 23.8 Å². The Morgan fingerprint density at radius 2 is 1.64 bits per heavy atom. The highest BCUT2D eigenvalue weighted by Crippen LogP contribution is 2.41. The second-order valence-corrected chi connectivity index (χ2v) is 5.49. The van der Waals surface area contributed by atoms with Gasteiger partial charge in [0.05, 0.1) is 19.8 Å². The topological polar surface area (TPSA) is 55.8 Å². The monoisotopic (exact) mass is 337 g/mol. The Kier molecular flexibility index (Phi) is 4.84. The summed E-state index contributed by atoms with van der Waals surface area (Å²) in [5, 5.41) is 0. The summed E-state index contributed by atoms with van der Waals surface area (Å²) in [6.07, 6.45) is 0. The molecule has 1 aliphatic rings. The van der Waals surface area contributed by atoms with Crippen molar-refractivity contribution in [2.75, 3.05) is 18.6 Å². The molecule has 0 saturated carbocycles. The predicted molar refractivity (Wildman–Crippen MR) is 93.8 cm³/mol. The molecule has 1 aliphatic heterocycles. The van der Waals surface area contributed by atoms with Crippen LogP contribution in [0.15, 0.2) is 72.0 Å². The van der Waals surface area contributed by atoms with Crippen molar-refractivity contribution in [3.63, 3.8) is 0 Å². The molecule has 0 radical (unpaired) electrons. The number of amides is 1. The minimum Gasteiger partial charge on any atom is -0.491 e. The molecule has 0 unspecified atom stereocenters. The van der Waals surface area contributed by atoms with Gasteiger partial charge in [0.2, 0.25) is 0 Å². The quantitative estimate of drug-likeness (QED) is 0.786. The van der Waals surface area contributed by atoms with Crippen molar-refractivity contribution in [3.8, 4) is 0 Å². The van der Waals surface area contributed by atoms with Crippen LogP contribution in [0, 0.1) is 0 Å². The summed E-state index contributed by atoms with van der Waals surface area (Å²) >= 11 is 0. The summed E-state index contributed by atoms with van der Waals surface area (Å²) in [4.78, 5) is 27.1. The normalized spacial score (nSPS) is 17.0. The predicted octanol–water partition coefficient (Wildman–Crippen LogP) is 3.24. The SMILES string of the molecule is CCOC(=O)C1=C(OC)C(=O)N(c2ccccc2)[C@H]1c1ccccc1. The van der Waals surface area contributed by atoms with Crippen molar-refractivity contribution in [3.05, 3.63) is 77.6 Å². The Labute approximate surface area is 146 Å². The summed E-state index contributed by atoms with van der Waals surface area (Å²) in [6.45, 7) is 1.95. The van der Waals surface area contributed by atoms with Crippen molar-refractivity contribution in [2.24, 2.45) is 0 Å². The number of hydrogen-bond acceptors (Lipinski definition) is 4. The lowest BCUT2D eigenvalue weighted by atomic mass is 9.99. The molecule has 3 rings (SSSR count). The molecule has 1 atom stereocenters. The van der Waals surface area contributed by atoms with Crippen molar-refractivity contribution < 1.29 is 19.1 Å². The van der Waals surface area contributed by atoms with E-state index < -0.39 is 12.0 Å². The van der Waals surface area contributed by atoms with Gasteiger partial charge in [0.15, 0.2) is 5.76 Å². The van der Waals surface area contributed by atoms with Crippen LogP contribution >= 0.6 is 0 Å². The van der Waals surface area contributed by atoms with Gasteiger partial charge in [0.25, 0.3) is 5.91 Å². The van der Waals surface area contributed by atoms with E-state index in [1.165, 1.54) is 7.11 Å². The van der Waals surface area contributed by atoms with E-state index >= 15 is 0 Å². The molecule has 5 heteroatoms. The van der Waals surface area contributed by atoms with Crippen LogP contribution in [-0.4, -0.2) is 25.6 Å². The first-order chi connectivity index (χ1) is 12.2. The zero-order chi connectivity index (χ0) is 17.8. The number of esters is 1. The number of rotatable bonds is 5. The first-order valence-corrected chi connectivity index (χ1v) is 8.07. The Balaban J connectivity index is 2.17. The maximum absolute atomic E-state index is 13.0. The molecule has 1 amide bonds. The van der Waals surface area contributed by atoms with Crippen molar-refractivity contribution in [2.45, 2.75) is 13.0 Å². The average Bonchev–Trinajstić information content (AvgIpc) is 2.95. The maximum Gasteiger partial charge on any atom is 0.340 e. The van der Waals surface area contributed by atoms with Crippen LogP contribution in [-0.2, 0) is 19.1 Å². The number of carbonyl (C=O) groups is 2. The number of anilines is 1. The summed E-state index contributed by atoms with van der Waals surface area (Å²) in [6, 6.07) is 18.0. The van der Waals surface area contributed by atoms with Crippen LogP contribution < -0.4 is 4.90 Å². The summed E-state index contributed by atoms with van der Waals surface area (Å²) in [5.41, 5.74) is 1.73. The van der Waals surface area contributed by atoms with E-state index in [1.54, 1.807) is 11.8 Å². The zero-order valence-corrected chi connectivity index (χ0v) is 14.1. The molecule has 0 spiro atoms. The number of benzene rings is 2. The van der Waals surface area contributed by atoms with Crippen LogP contribution in [0.5, 0.6) is 0 Å². The number of ether oxygens (including phenoxy) is 2. The summed E-state index contributed by atoms with van der Waals surface area (Å²) in [7, 11) is 1.39. The number of carbonyl (C=O) groups excluding carboxylic acids is 2. The largest absolute Gasteiger partial charge is 0.491 e. The molecule has 0 aliphatic carbocycles.